The first-order valence-electron chi connectivity index (χ1n) is 11.2. The van der Waals surface area contributed by atoms with E-state index >= 15 is 0 Å². The molecule has 0 radical (unpaired) electrons. The molecule has 0 saturated heterocycles. The minimum absolute atomic E-state index is 0.0658. The normalized spacial score (nSPS) is 14.5. The second-order valence-electron chi connectivity index (χ2n) is 7.88. The van der Waals surface area contributed by atoms with Crippen molar-refractivity contribution in [2.24, 2.45) is 0 Å². The van der Waals surface area contributed by atoms with Crippen LogP contribution in [0.4, 0.5) is 4.79 Å². The summed E-state index contributed by atoms with van der Waals surface area (Å²) in [4.78, 5) is 24.1. The predicted octanol–water partition coefficient (Wildman–Crippen LogP) is 3.96. The summed E-state index contributed by atoms with van der Waals surface area (Å²) in [6.45, 7) is 0.999. The molecule has 1 fully saturated rings. The average molecular weight is 441 g/mol. The van der Waals surface area contributed by atoms with Crippen LogP contribution in [0, 0.1) is 0 Å². The standard InChI is InChI=1S/C25H32N2O5/c1-26-23(24(28)32-22-9-5-6-10-22)15-16-30-21-13-11-19(12-14-21)17-27-25(29)31-18-20-7-3-2-4-8-20/h2-4,7-8,11-14,22-23,26H,5-6,9-10,15-18H2,1H3,(H,27,29)/t23-/m0/s1. The zero-order valence-electron chi connectivity index (χ0n) is 18.5. The summed E-state index contributed by atoms with van der Waals surface area (Å²) in [5.41, 5.74) is 1.87. The first-order chi connectivity index (χ1) is 15.6. The first-order valence-corrected chi connectivity index (χ1v) is 11.2. The topological polar surface area (TPSA) is 85.9 Å². The van der Waals surface area contributed by atoms with E-state index in [1.165, 1.54) is 0 Å². The lowest BCUT2D eigenvalue weighted by atomic mass is 10.2. The van der Waals surface area contributed by atoms with Gasteiger partial charge in [-0.15, -0.1) is 0 Å². The van der Waals surface area contributed by atoms with E-state index in [-0.39, 0.29) is 24.7 Å². The number of alkyl carbamates (subject to hydrolysis) is 1. The number of rotatable bonds is 11. The van der Waals surface area contributed by atoms with Crippen molar-refractivity contribution in [3.05, 3.63) is 65.7 Å². The Hall–Kier alpha value is -3.06. The van der Waals surface area contributed by atoms with E-state index in [1.54, 1.807) is 7.05 Å². The monoisotopic (exact) mass is 440 g/mol. The molecule has 32 heavy (non-hydrogen) atoms. The lowest BCUT2D eigenvalue weighted by Gasteiger charge is -2.18. The minimum Gasteiger partial charge on any atom is -0.494 e. The van der Waals surface area contributed by atoms with Crippen molar-refractivity contribution < 1.29 is 23.8 Å². The molecule has 172 valence electrons. The van der Waals surface area contributed by atoms with E-state index in [1.807, 2.05) is 54.6 Å². The molecule has 0 bridgehead atoms. The predicted molar refractivity (Wildman–Crippen MR) is 121 cm³/mol. The van der Waals surface area contributed by atoms with Gasteiger partial charge in [0.1, 0.15) is 24.5 Å². The van der Waals surface area contributed by atoms with Crippen molar-refractivity contribution in [3.63, 3.8) is 0 Å². The highest BCUT2D eigenvalue weighted by atomic mass is 16.6. The minimum atomic E-state index is -0.461. The summed E-state index contributed by atoms with van der Waals surface area (Å²) in [6, 6.07) is 16.6. The first kappa shape index (κ1) is 23.6. The number of esters is 1. The Morgan fingerprint density at radius 1 is 1.00 bits per heavy atom. The third-order valence-corrected chi connectivity index (χ3v) is 5.47. The molecule has 2 N–H and O–H groups in total. The molecule has 1 amide bonds. The second-order valence-corrected chi connectivity index (χ2v) is 7.88. The molecular weight excluding hydrogens is 408 g/mol. The number of carbonyl (C=O) groups is 2. The van der Waals surface area contributed by atoms with Crippen molar-refractivity contribution >= 4 is 12.1 Å². The lowest BCUT2D eigenvalue weighted by molar-refractivity contribution is -0.151. The van der Waals surface area contributed by atoms with E-state index in [4.69, 9.17) is 14.2 Å². The number of ether oxygens (including phenoxy) is 3. The Labute approximate surface area is 189 Å². The van der Waals surface area contributed by atoms with Gasteiger partial charge in [0.2, 0.25) is 0 Å². The molecule has 7 nitrogen and oxygen atoms in total. The highest BCUT2D eigenvalue weighted by molar-refractivity contribution is 5.75. The number of benzene rings is 2. The fourth-order valence-corrected chi connectivity index (χ4v) is 3.58. The van der Waals surface area contributed by atoms with Gasteiger partial charge in [0.15, 0.2) is 0 Å². The molecule has 1 aliphatic carbocycles. The van der Waals surface area contributed by atoms with Gasteiger partial charge >= 0.3 is 12.1 Å². The molecule has 7 heteroatoms. The van der Waals surface area contributed by atoms with Crippen molar-refractivity contribution in [1.29, 1.82) is 0 Å². The molecule has 0 aliphatic heterocycles. The van der Waals surface area contributed by atoms with Crippen LogP contribution in [-0.2, 0) is 27.4 Å². The fourth-order valence-electron chi connectivity index (χ4n) is 3.58. The summed E-state index contributed by atoms with van der Waals surface area (Å²) in [6.07, 6.45) is 4.32. The van der Waals surface area contributed by atoms with E-state index in [9.17, 15) is 9.59 Å². The van der Waals surface area contributed by atoms with Gasteiger partial charge in [-0.05, 0) is 56.0 Å². The van der Waals surface area contributed by atoms with Crippen LogP contribution < -0.4 is 15.4 Å². The highest BCUT2D eigenvalue weighted by Crippen LogP contribution is 2.21. The van der Waals surface area contributed by atoms with Crippen LogP contribution in [0.2, 0.25) is 0 Å². The van der Waals surface area contributed by atoms with Gasteiger partial charge in [0.25, 0.3) is 0 Å². The number of hydrogen-bond donors (Lipinski definition) is 2. The van der Waals surface area contributed by atoms with Gasteiger partial charge in [-0.3, -0.25) is 4.79 Å². The van der Waals surface area contributed by atoms with Gasteiger partial charge in [-0.2, -0.15) is 0 Å². The third kappa shape index (κ3) is 7.89. The lowest BCUT2D eigenvalue weighted by Crippen LogP contribution is -2.38. The maximum Gasteiger partial charge on any atom is 0.407 e. The largest absolute Gasteiger partial charge is 0.494 e. The smallest absolute Gasteiger partial charge is 0.407 e. The van der Waals surface area contributed by atoms with E-state index in [0.717, 1.165) is 36.8 Å². The summed E-state index contributed by atoms with van der Waals surface area (Å²) in [7, 11) is 1.76. The van der Waals surface area contributed by atoms with Crippen LogP contribution in [0.3, 0.4) is 0 Å². The second kappa shape index (κ2) is 12.7. The van der Waals surface area contributed by atoms with Gasteiger partial charge in [-0.25, -0.2) is 4.79 Å². The molecule has 0 unspecified atom stereocenters. The summed E-state index contributed by atoms with van der Waals surface area (Å²) in [5, 5.41) is 5.75. The Kier molecular flexibility index (Phi) is 9.37. The van der Waals surface area contributed by atoms with E-state index in [0.29, 0.717) is 25.3 Å². The number of carbonyl (C=O) groups excluding carboxylic acids is 2. The number of amides is 1. The van der Waals surface area contributed by atoms with E-state index in [2.05, 4.69) is 10.6 Å². The Morgan fingerprint density at radius 2 is 1.72 bits per heavy atom. The Bertz CT molecular complexity index is 835. The van der Waals surface area contributed by atoms with Crippen LogP contribution >= 0.6 is 0 Å². The van der Waals surface area contributed by atoms with Gasteiger partial charge in [0.05, 0.1) is 6.61 Å². The highest BCUT2D eigenvalue weighted by Gasteiger charge is 2.24. The molecule has 0 heterocycles. The van der Waals surface area contributed by atoms with Crippen LogP contribution in [0.1, 0.15) is 43.2 Å². The zero-order valence-corrected chi connectivity index (χ0v) is 18.5. The molecule has 2 aromatic carbocycles. The van der Waals surface area contributed by atoms with Crippen LogP contribution in [0.5, 0.6) is 5.75 Å². The Balaban J connectivity index is 1.33. The van der Waals surface area contributed by atoms with Gasteiger partial charge < -0.3 is 24.8 Å². The molecule has 1 atom stereocenters. The van der Waals surface area contributed by atoms with Crippen molar-refractivity contribution in [2.45, 2.75) is 57.4 Å². The van der Waals surface area contributed by atoms with Gasteiger partial charge in [-0.1, -0.05) is 42.5 Å². The quantitative estimate of drug-likeness (QED) is 0.515. The summed E-state index contributed by atoms with van der Waals surface area (Å²) in [5.74, 6) is 0.503. The third-order valence-electron chi connectivity index (χ3n) is 5.47. The van der Waals surface area contributed by atoms with Crippen molar-refractivity contribution in [2.75, 3.05) is 13.7 Å². The molecule has 2 aromatic rings. The molecular formula is C25H32N2O5. The fraction of sp³-hybridized carbons (Fsp3) is 0.440. The van der Waals surface area contributed by atoms with Gasteiger partial charge in [0, 0.05) is 13.0 Å². The average Bonchev–Trinajstić information content (AvgIpc) is 3.33. The SMILES string of the molecule is CN[C@@H](CCOc1ccc(CNC(=O)OCc2ccccc2)cc1)C(=O)OC1CCCC1. The Morgan fingerprint density at radius 3 is 2.41 bits per heavy atom. The number of hydrogen-bond acceptors (Lipinski definition) is 6. The number of likely N-dealkylation sites (N-methyl/N-ethyl adjacent to an activating group) is 1. The van der Waals surface area contributed by atoms with Crippen molar-refractivity contribution in [1.82, 2.24) is 10.6 Å². The maximum absolute atomic E-state index is 12.3. The molecule has 0 spiro atoms. The maximum atomic E-state index is 12.3. The zero-order chi connectivity index (χ0) is 22.6. The van der Waals surface area contributed by atoms with Crippen LogP contribution in [-0.4, -0.2) is 37.9 Å². The number of nitrogens with one attached hydrogen (secondary N) is 2. The molecule has 0 aromatic heterocycles. The summed E-state index contributed by atoms with van der Waals surface area (Å²) < 4.78 is 16.5. The van der Waals surface area contributed by atoms with Crippen LogP contribution in [0.25, 0.3) is 0 Å². The molecule has 3 rings (SSSR count). The van der Waals surface area contributed by atoms with Crippen molar-refractivity contribution in [3.8, 4) is 5.75 Å². The van der Waals surface area contributed by atoms with E-state index < -0.39 is 6.09 Å². The molecule has 1 aliphatic rings. The molecule has 1 saturated carbocycles. The summed E-state index contributed by atoms with van der Waals surface area (Å²) >= 11 is 0. The van der Waals surface area contributed by atoms with Crippen LogP contribution in [0.15, 0.2) is 54.6 Å².